The van der Waals surface area contributed by atoms with Crippen molar-refractivity contribution >= 4 is 39.7 Å². The summed E-state index contributed by atoms with van der Waals surface area (Å²) < 4.78 is 1.19. The highest BCUT2D eigenvalue weighted by atomic mass is 127. The van der Waals surface area contributed by atoms with Gasteiger partial charge in [0.05, 0.1) is 11.4 Å². The molecule has 0 bridgehead atoms. The summed E-state index contributed by atoms with van der Waals surface area (Å²) in [5.41, 5.74) is 6.13. The molecule has 154 valence electrons. The summed E-state index contributed by atoms with van der Waals surface area (Å²) in [5.74, 6) is 0. The van der Waals surface area contributed by atoms with Crippen molar-refractivity contribution in [1.29, 1.82) is 0 Å². The number of azo groups is 1. The van der Waals surface area contributed by atoms with Crippen molar-refractivity contribution in [3.63, 3.8) is 0 Å². The van der Waals surface area contributed by atoms with Crippen LogP contribution in [0.5, 0.6) is 0 Å². The van der Waals surface area contributed by atoms with Crippen molar-refractivity contribution in [3.05, 3.63) is 51.1 Å². The Bertz CT molecular complexity index is 843. The Morgan fingerprint density at radius 2 is 1.72 bits per heavy atom. The molecule has 2 aromatic rings. The number of halogens is 1. The molecule has 0 radical (unpaired) electrons. The van der Waals surface area contributed by atoms with Gasteiger partial charge in [-0.1, -0.05) is 12.5 Å². The van der Waals surface area contributed by atoms with Crippen molar-refractivity contribution in [2.45, 2.75) is 51.4 Å². The Hall–Kier alpha value is -1.47. The van der Waals surface area contributed by atoms with E-state index in [2.05, 4.69) is 67.3 Å². The fraction of sp³-hybridized carbons (Fsp3) is 0.500. The maximum atomic E-state index is 4.62. The number of piperidine rings is 1. The molecule has 1 N–H and O–H groups in total. The van der Waals surface area contributed by atoms with Crippen LogP contribution in [-0.4, -0.2) is 31.1 Å². The molecule has 1 fully saturated rings. The van der Waals surface area contributed by atoms with Crippen molar-refractivity contribution in [3.8, 4) is 0 Å². The molecule has 29 heavy (non-hydrogen) atoms. The first-order valence-electron chi connectivity index (χ1n) is 11.1. The van der Waals surface area contributed by atoms with E-state index in [0.717, 1.165) is 30.8 Å². The zero-order valence-corrected chi connectivity index (χ0v) is 19.3. The quantitative estimate of drug-likeness (QED) is 0.255. The van der Waals surface area contributed by atoms with Gasteiger partial charge in [-0.15, -0.1) is 0 Å². The zero-order chi connectivity index (χ0) is 19.9. The monoisotopic (exact) mass is 502 g/mol. The average molecular weight is 502 g/mol. The van der Waals surface area contributed by atoms with Gasteiger partial charge >= 0.3 is 0 Å². The van der Waals surface area contributed by atoms with E-state index in [1.165, 1.54) is 78.5 Å². The Labute approximate surface area is 188 Å². The summed E-state index contributed by atoms with van der Waals surface area (Å²) in [7, 11) is 0. The molecule has 1 aliphatic carbocycles. The zero-order valence-electron chi connectivity index (χ0n) is 17.2. The third-order valence-corrected chi connectivity index (χ3v) is 6.68. The second kappa shape index (κ2) is 10.5. The van der Waals surface area contributed by atoms with E-state index >= 15 is 0 Å². The van der Waals surface area contributed by atoms with E-state index in [0.29, 0.717) is 0 Å². The Balaban J connectivity index is 1.41. The highest BCUT2D eigenvalue weighted by Crippen LogP contribution is 2.36. The molecule has 1 heterocycles. The molecule has 1 saturated heterocycles. The van der Waals surface area contributed by atoms with E-state index in [1.54, 1.807) is 0 Å². The number of nitrogens with one attached hydrogen (secondary N) is 1. The maximum absolute atomic E-state index is 4.62. The molecule has 2 aliphatic rings. The summed E-state index contributed by atoms with van der Waals surface area (Å²) in [6.45, 7) is 4.84. The van der Waals surface area contributed by atoms with Crippen molar-refractivity contribution in [1.82, 2.24) is 4.90 Å². The van der Waals surface area contributed by atoms with Crippen LogP contribution in [0.25, 0.3) is 0 Å². The van der Waals surface area contributed by atoms with Crippen LogP contribution in [0, 0.1) is 3.57 Å². The molecule has 0 amide bonds. The Kier molecular flexibility index (Phi) is 7.55. The highest BCUT2D eigenvalue weighted by Gasteiger charge is 2.17. The lowest BCUT2D eigenvalue weighted by molar-refractivity contribution is 0.228. The number of benzene rings is 2. The molecular weight excluding hydrogens is 471 g/mol. The van der Waals surface area contributed by atoms with Crippen molar-refractivity contribution < 1.29 is 0 Å². The normalized spacial score (nSPS) is 17.4. The van der Waals surface area contributed by atoms with Gasteiger partial charge in [0.1, 0.15) is 0 Å². The van der Waals surface area contributed by atoms with Gasteiger partial charge in [0.15, 0.2) is 0 Å². The largest absolute Gasteiger partial charge is 0.385 e. The average Bonchev–Trinajstić information content (AvgIpc) is 2.76. The summed E-state index contributed by atoms with van der Waals surface area (Å²) in [4.78, 5) is 2.62. The van der Waals surface area contributed by atoms with Crippen molar-refractivity contribution in [2.24, 2.45) is 10.2 Å². The topological polar surface area (TPSA) is 40.0 Å². The van der Waals surface area contributed by atoms with Gasteiger partial charge in [0.2, 0.25) is 0 Å². The lowest BCUT2D eigenvalue weighted by Gasteiger charge is -2.26. The number of rotatable bonds is 7. The Morgan fingerprint density at radius 1 is 0.897 bits per heavy atom. The summed E-state index contributed by atoms with van der Waals surface area (Å²) >= 11 is 2.32. The fourth-order valence-electron chi connectivity index (χ4n) is 4.47. The predicted octanol–water partition coefficient (Wildman–Crippen LogP) is 6.87. The van der Waals surface area contributed by atoms with E-state index in [4.69, 9.17) is 0 Å². The minimum Gasteiger partial charge on any atom is -0.385 e. The lowest BCUT2D eigenvalue weighted by atomic mass is 9.89. The van der Waals surface area contributed by atoms with E-state index in [9.17, 15) is 0 Å². The maximum Gasteiger partial charge on any atom is 0.0893 e. The van der Waals surface area contributed by atoms with Crippen LogP contribution >= 0.6 is 22.6 Å². The molecule has 1 aliphatic heterocycles. The van der Waals surface area contributed by atoms with Crippen LogP contribution < -0.4 is 5.32 Å². The number of hydrogen-bond acceptors (Lipinski definition) is 4. The van der Waals surface area contributed by atoms with Crippen LogP contribution in [-0.2, 0) is 12.8 Å². The summed E-state index contributed by atoms with van der Waals surface area (Å²) in [6, 6.07) is 12.5. The highest BCUT2D eigenvalue weighted by molar-refractivity contribution is 14.1. The molecule has 0 saturated carbocycles. The smallest absolute Gasteiger partial charge is 0.0893 e. The van der Waals surface area contributed by atoms with Gasteiger partial charge in [0.25, 0.3) is 0 Å². The standard InChI is InChI=1S/C24H31IN4/c25-19-8-6-9-20(18-19)27-28-24-13-12-23(21-10-2-3-11-22(21)24)26-14-7-17-29-15-4-1-5-16-29/h6,8-9,12-13,18,26H,1-5,7,10-11,14-17H2. The molecule has 0 unspecified atom stereocenters. The van der Waals surface area contributed by atoms with Crippen LogP contribution in [0.3, 0.4) is 0 Å². The third kappa shape index (κ3) is 5.79. The van der Waals surface area contributed by atoms with Crippen molar-refractivity contribution in [2.75, 3.05) is 31.5 Å². The second-order valence-corrected chi connectivity index (χ2v) is 9.40. The minimum absolute atomic E-state index is 0.918. The van der Waals surface area contributed by atoms with E-state index in [1.807, 2.05) is 12.1 Å². The van der Waals surface area contributed by atoms with Gasteiger partial charge in [-0.25, -0.2) is 0 Å². The number of fused-ring (bicyclic) bond motifs is 1. The number of nitrogens with zero attached hydrogens (tertiary/aromatic N) is 3. The summed E-state index contributed by atoms with van der Waals surface area (Å²) in [6.07, 6.45) is 10.1. The third-order valence-electron chi connectivity index (χ3n) is 6.01. The molecule has 5 heteroatoms. The first-order chi connectivity index (χ1) is 14.3. The van der Waals surface area contributed by atoms with Gasteiger partial charge in [-0.05, 0) is 129 Å². The molecule has 2 aromatic carbocycles. The SMILES string of the molecule is Ic1cccc(N=Nc2ccc(NCCCN3CCCCC3)c3c2CCCC3)c1. The van der Waals surface area contributed by atoms with Crippen LogP contribution in [0.15, 0.2) is 46.6 Å². The first kappa shape index (κ1) is 20.8. The summed E-state index contributed by atoms with van der Waals surface area (Å²) in [5, 5.41) is 12.8. The predicted molar refractivity (Wildman–Crippen MR) is 130 cm³/mol. The minimum atomic E-state index is 0.918. The molecule has 0 aromatic heterocycles. The number of anilines is 1. The van der Waals surface area contributed by atoms with Gasteiger partial charge in [0, 0.05) is 15.8 Å². The molecule has 0 atom stereocenters. The van der Waals surface area contributed by atoms with Gasteiger partial charge < -0.3 is 10.2 Å². The van der Waals surface area contributed by atoms with E-state index < -0.39 is 0 Å². The Morgan fingerprint density at radius 3 is 2.55 bits per heavy atom. The lowest BCUT2D eigenvalue weighted by Crippen LogP contribution is -2.31. The van der Waals surface area contributed by atoms with Crippen LogP contribution in [0.4, 0.5) is 17.1 Å². The second-order valence-electron chi connectivity index (χ2n) is 8.16. The van der Waals surface area contributed by atoms with Crippen LogP contribution in [0.2, 0.25) is 0 Å². The molecule has 0 spiro atoms. The molecule has 4 rings (SSSR count). The van der Waals surface area contributed by atoms with E-state index in [-0.39, 0.29) is 0 Å². The molecule has 4 nitrogen and oxygen atoms in total. The van der Waals surface area contributed by atoms with Gasteiger partial charge in [-0.3, -0.25) is 0 Å². The number of likely N-dealkylation sites (tertiary alicyclic amines) is 1. The van der Waals surface area contributed by atoms with Gasteiger partial charge in [-0.2, -0.15) is 10.2 Å². The van der Waals surface area contributed by atoms with Crippen LogP contribution in [0.1, 0.15) is 49.7 Å². The number of hydrogen-bond donors (Lipinski definition) is 1. The fourth-order valence-corrected chi connectivity index (χ4v) is 4.99. The first-order valence-corrected chi connectivity index (χ1v) is 12.2. The molecular formula is C24H31IN4.